The Morgan fingerprint density at radius 3 is 2.30 bits per heavy atom. The monoisotopic (exact) mass is 454 g/mol. The summed E-state index contributed by atoms with van der Waals surface area (Å²) in [6.07, 6.45) is 1.37. The number of ether oxygens (including phenoxy) is 2. The molecular formula is C24H30N4O5. The average molecular weight is 455 g/mol. The Bertz CT molecular complexity index is 1010. The second kappa shape index (κ2) is 12.2. The number of rotatable bonds is 9. The Morgan fingerprint density at radius 1 is 0.970 bits per heavy atom. The number of amides is 3. The predicted octanol–water partition coefficient (Wildman–Crippen LogP) is 2.69. The fraction of sp³-hybridized carbons (Fsp3) is 0.333. The second-order valence-electron chi connectivity index (χ2n) is 7.68. The zero-order chi connectivity index (χ0) is 24.4. The van der Waals surface area contributed by atoms with Crippen molar-refractivity contribution < 1.29 is 23.9 Å². The van der Waals surface area contributed by atoms with Crippen LogP contribution in [0.2, 0.25) is 0 Å². The first-order valence-corrected chi connectivity index (χ1v) is 10.6. The summed E-state index contributed by atoms with van der Waals surface area (Å²) in [6.45, 7) is 9.44. The normalized spacial score (nSPS) is 10.7. The number of carbonyl (C=O) groups is 3. The van der Waals surface area contributed by atoms with Crippen LogP contribution in [0.5, 0.6) is 11.5 Å². The molecule has 0 heterocycles. The number of hydrazone groups is 1. The molecule has 2 rings (SSSR count). The molecule has 0 aliphatic rings. The lowest BCUT2D eigenvalue weighted by molar-refractivity contribution is -0.139. The lowest BCUT2D eigenvalue weighted by atomic mass is 10.1. The van der Waals surface area contributed by atoms with Crippen molar-refractivity contribution in [2.45, 2.75) is 40.7 Å². The van der Waals surface area contributed by atoms with E-state index in [9.17, 15) is 14.4 Å². The van der Waals surface area contributed by atoms with Crippen LogP contribution in [-0.2, 0) is 14.4 Å². The topological polar surface area (TPSA) is 118 Å². The summed E-state index contributed by atoms with van der Waals surface area (Å²) in [5.41, 5.74) is 5.59. The predicted molar refractivity (Wildman–Crippen MR) is 127 cm³/mol. The Kier molecular flexibility index (Phi) is 9.41. The maximum absolute atomic E-state index is 12.3. The smallest absolute Gasteiger partial charge is 0.329 e. The van der Waals surface area contributed by atoms with E-state index in [0.717, 1.165) is 11.1 Å². The van der Waals surface area contributed by atoms with E-state index >= 15 is 0 Å². The second-order valence-corrected chi connectivity index (χ2v) is 7.68. The molecule has 33 heavy (non-hydrogen) atoms. The molecule has 0 atom stereocenters. The molecule has 0 aliphatic carbocycles. The Balaban J connectivity index is 1.98. The Labute approximate surface area is 193 Å². The van der Waals surface area contributed by atoms with Gasteiger partial charge >= 0.3 is 11.8 Å². The van der Waals surface area contributed by atoms with Gasteiger partial charge in [-0.3, -0.25) is 14.4 Å². The van der Waals surface area contributed by atoms with Gasteiger partial charge < -0.3 is 20.1 Å². The van der Waals surface area contributed by atoms with Crippen LogP contribution >= 0.6 is 0 Å². The SMILES string of the molecule is CCOc1cc(/C=N\NC(=O)C(=O)NC(C)C)ccc1OCC(=O)Nc1cc(C)cc(C)c1. The molecule has 0 radical (unpaired) electrons. The van der Waals surface area contributed by atoms with E-state index in [-0.39, 0.29) is 18.6 Å². The Morgan fingerprint density at radius 2 is 1.67 bits per heavy atom. The van der Waals surface area contributed by atoms with Gasteiger partial charge in [-0.15, -0.1) is 0 Å². The first-order chi connectivity index (χ1) is 15.7. The molecule has 2 aromatic rings. The van der Waals surface area contributed by atoms with Crippen LogP contribution in [0, 0.1) is 13.8 Å². The molecule has 0 saturated carbocycles. The summed E-state index contributed by atoms with van der Waals surface area (Å²) in [5, 5.41) is 9.08. The summed E-state index contributed by atoms with van der Waals surface area (Å²) in [7, 11) is 0. The molecular weight excluding hydrogens is 424 g/mol. The summed E-state index contributed by atoms with van der Waals surface area (Å²) in [6, 6.07) is 10.6. The fourth-order valence-corrected chi connectivity index (χ4v) is 2.92. The third-order valence-electron chi connectivity index (χ3n) is 4.14. The number of anilines is 1. The molecule has 0 saturated heterocycles. The van der Waals surface area contributed by atoms with Gasteiger partial charge in [0.15, 0.2) is 18.1 Å². The minimum absolute atomic E-state index is 0.156. The van der Waals surface area contributed by atoms with Gasteiger partial charge in [0.2, 0.25) is 0 Å². The summed E-state index contributed by atoms with van der Waals surface area (Å²) in [4.78, 5) is 35.6. The van der Waals surface area contributed by atoms with Crippen molar-refractivity contribution in [1.29, 1.82) is 0 Å². The van der Waals surface area contributed by atoms with Gasteiger partial charge in [-0.25, -0.2) is 5.43 Å². The van der Waals surface area contributed by atoms with Gasteiger partial charge in [-0.05, 0) is 81.6 Å². The minimum Gasteiger partial charge on any atom is -0.490 e. The van der Waals surface area contributed by atoms with Crippen LogP contribution in [0.1, 0.15) is 37.5 Å². The highest BCUT2D eigenvalue weighted by Gasteiger charge is 2.13. The van der Waals surface area contributed by atoms with Crippen molar-refractivity contribution in [3.63, 3.8) is 0 Å². The zero-order valence-corrected chi connectivity index (χ0v) is 19.5. The van der Waals surface area contributed by atoms with Gasteiger partial charge in [0.05, 0.1) is 12.8 Å². The number of hydrogen-bond acceptors (Lipinski definition) is 6. The van der Waals surface area contributed by atoms with Crippen LogP contribution < -0.4 is 25.5 Å². The molecule has 0 fully saturated rings. The zero-order valence-electron chi connectivity index (χ0n) is 19.5. The molecule has 0 spiro atoms. The molecule has 0 aliphatic heterocycles. The van der Waals surface area contributed by atoms with Gasteiger partial charge in [-0.2, -0.15) is 5.10 Å². The van der Waals surface area contributed by atoms with Crippen LogP contribution in [0.15, 0.2) is 41.5 Å². The molecule has 3 amide bonds. The van der Waals surface area contributed by atoms with Crippen molar-refractivity contribution in [2.75, 3.05) is 18.5 Å². The van der Waals surface area contributed by atoms with Gasteiger partial charge in [0.1, 0.15) is 0 Å². The van der Waals surface area contributed by atoms with Crippen LogP contribution in [0.4, 0.5) is 5.69 Å². The summed E-state index contributed by atoms with van der Waals surface area (Å²) >= 11 is 0. The lowest BCUT2D eigenvalue weighted by Gasteiger charge is -2.13. The van der Waals surface area contributed by atoms with Crippen molar-refractivity contribution in [2.24, 2.45) is 5.10 Å². The number of nitrogens with one attached hydrogen (secondary N) is 3. The van der Waals surface area contributed by atoms with E-state index in [1.54, 1.807) is 32.0 Å². The van der Waals surface area contributed by atoms with Crippen molar-refractivity contribution in [3.8, 4) is 11.5 Å². The number of nitrogens with zero attached hydrogens (tertiary/aromatic N) is 1. The molecule has 9 heteroatoms. The maximum atomic E-state index is 12.3. The van der Waals surface area contributed by atoms with E-state index in [4.69, 9.17) is 9.47 Å². The summed E-state index contributed by atoms with van der Waals surface area (Å²) < 4.78 is 11.2. The summed E-state index contributed by atoms with van der Waals surface area (Å²) in [5.74, 6) is -1.11. The van der Waals surface area contributed by atoms with Crippen molar-refractivity contribution in [3.05, 3.63) is 53.1 Å². The van der Waals surface area contributed by atoms with E-state index < -0.39 is 11.8 Å². The van der Waals surface area contributed by atoms with E-state index in [0.29, 0.717) is 29.4 Å². The minimum atomic E-state index is -0.861. The molecule has 176 valence electrons. The van der Waals surface area contributed by atoms with Crippen molar-refractivity contribution >= 4 is 29.6 Å². The highest BCUT2D eigenvalue weighted by molar-refractivity contribution is 6.35. The van der Waals surface area contributed by atoms with E-state index in [1.807, 2.05) is 39.0 Å². The fourth-order valence-electron chi connectivity index (χ4n) is 2.92. The third kappa shape index (κ3) is 8.64. The Hall–Kier alpha value is -3.88. The first-order valence-electron chi connectivity index (χ1n) is 10.6. The standard InChI is InChI=1S/C24H30N4O5/c1-6-32-21-12-18(13-25-28-24(31)23(30)26-15(2)3)7-8-20(21)33-14-22(29)27-19-10-16(4)9-17(5)11-19/h7-13,15H,6,14H2,1-5H3,(H,26,30)(H,27,29)(H,28,31)/b25-13-. The third-order valence-corrected chi connectivity index (χ3v) is 4.14. The van der Waals surface area contributed by atoms with Crippen LogP contribution in [0.3, 0.4) is 0 Å². The van der Waals surface area contributed by atoms with Crippen LogP contribution in [0.25, 0.3) is 0 Å². The maximum Gasteiger partial charge on any atom is 0.329 e. The van der Waals surface area contributed by atoms with Gasteiger partial charge in [0, 0.05) is 11.7 Å². The highest BCUT2D eigenvalue weighted by atomic mass is 16.5. The van der Waals surface area contributed by atoms with E-state index in [1.165, 1.54) is 6.21 Å². The molecule has 3 N–H and O–H groups in total. The molecule has 0 unspecified atom stereocenters. The molecule has 0 bridgehead atoms. The lowest BCUT2D eigenvalue weighted by Crippen LogP contribution is -2.41. The quantitative estimate of drug-likeness (QED) is 0.306. The van der Waals surface area contributed by atoms with Gasteiger partial charge in [-0.1, -0.05) is 6.07 Å². The van der Waals surface area contributed by atoms with Gasteiger partial charge in [0.25, 0.3) is 5.91 Å². The number of aryl methyl sites for hydroxylation is 2. The molecule has 2 aromatic carbocycles. The largest absolute Gasteiger partial charge is 0.490 e. The number of hydrogen-bond donors (Lipinski definition) is 3. The first kappa shape index (κ1) is 25.4. The highest BCUT2D eigenvalue weighted by Crippen LogP contribution is 2.28. The number of benzene rings is 2. The number of carbonyl (C=O) groups excluding carboxylic acids is 3. The molecule has 9 nitrogen and oxygen atoms in total. The van der Waals surface area contributed by atoms with E-state index in [2.05, 4.69) is 21.2 Å². The van der Waals surface area contributed by atoms with Crippen molar-refractivity contribution in [1.82, 2.24) is 10.7 Å². The molecule has 0 aromatic heterocycles. The average Bonchev–Trinajstić information content (AvgIpc) is 2.72. The van der Waals surface area contributed by atoms with Crippen LogP contribution in [-0.4, -0.2) is 43.2 Å².